The molecular weight excluding hydrogens is 410 g/mol. The van der Waals surface area contributed by atoms with Crippen molar-refractivity contribution < 1.29 is 46.3 Å². The lowest BCUT2D eigenvalue weighted by molar-refractivity contribution is -0.184. The summed E-state index contributed by atoms with van der Waals surface area (Å²) < 4.78 is 42.9. The fraction of sp³-hybridized carbons (Fsp3) is 0.824. The number of amides is 1. The SMILES string of the molecule is CC(=O)NCCCS(=O)(=O)OCC(C)(C)[C@@H](O)C(=O)OC(C)OC(=O)OC(C)C. The van der Waals surface area contributed by atoms with Crippen LogP contribution >= 0.6 is 0 Å². The molecule has 0 spiro atoms. The molecule has 0 saturated heterocycles. The molecule has 0 radical (unpaired) electrons. The van der Waals surface area contributed by atoms with Gasteiger partial charge in [0.2, 0.25) is 12.2 Å². The van der Waals surface area contributed by atoms with Crippen molar-refractivity contribution in [3.63, 3.8) is 0 Å². The van der Waals surface area contributed by atoms with Crippen LogP contribution in [0.25, 0.3) is 0 Å². The Kier molecular flexibility index (Phi) is 11.1. The first kappa shape index (κ1) is 27.1. The summed E-state index contributed by atoms with van der Waals surface area (Å²) >= 11 is 0. The molecule has 0 saturated carbocycles. The van der Waals surface area contributed by atoms with Crippen molar-refractivity contribution in [3.05, 3.63) is 0 Å². The van der Waals surface area contributed by atoms with Crippen LogP contribution in [0.3, 0.4) is 0 Å². The van der Waals surface area contributed by atoms with E-state index < -0.39 is 52.8 Å². The molecule has 11 nitrogen and oxygen atoms in total. The predicted octanol–water partition coefficient (Wildman–Crippen LogP) is 0.697. The van der Waals surface area contributed by atoms with Gasteiger partial charge in [0.15, 0.2) is 6.10 Å². The highest BCUT2D eigenvalue weighted by Crippen LogP contribution is 2.24. The van der Waals surface area contributed by atoms with E-state index in [0.717, 1.165) is 0 Å². The molecule has 0 aliphatic heterocycles. The van der Waals surface area contributed by atoms with Gasteiger partial charge in [0.1, 0.15) is 0 Å². The molecule has 2 N–H and O–H groups in total. The van der Waals surface area contributed by atoms with Crippen LogP contribution in [-0.4, -0.2) is 69.0 Å². The summed E-state index contributed by atoms with van der Waals surface area (Å²) in [6.45, 7) is 8.29. The van der Waals surface area contributed by atoms with Gasteiger partial charge in [-0.05, 0) is 20.3 Å². The number of nitrogens with one attached hydrogen (secondary N) is 1. The van der Waals surface area contributed by atoms with Crippen LogP contribution in [0.4, 0.5) is 4.79 Å². The smallest absolute Gasteiger partial charge is 0.431 e. The van der Waals surface area contributed by atoms with E-state index >= 15 is 0 Å². The normalized spacial score (nSPS) is 14.1. The molecule has 0 aliphatic rings. The Balaban J connectivity index is 4.57. The lowest BCUT2D eigenvalue weighted by atomic mass is 9.88. The van der Waals surface area contributed by atoms with E-state index in [1.54, 1.807) is 13.8 Å². The number of hydrogen-bond acceptors (Lipinski definition) is 10. The summed E-state index contributed by atoms with van der Waals surface area (Å²) in [5.74, 6) is -1.74. The number of carbonyl (C=O) groups excluding carboxylic acids is 3. The predicted molar refractivity (Wildman–Crippen MR) is 101 cm³/mol. The number of aliphatic hydroxyl groups excluding tert-OH is 1. The molecule has 0 aromatic heterocycles. The number of hydrogen-bond donors (Lipinski definition) is 2. The lowest BCUT2D eigenvalue weighted by Crippen LogP contribution is -2.43. The molecule has 1 amide bonds. The van der Waals surface area contributed by atoms with E-state index in [9.17, 15) is 27.9 Å². The largest absolute Gasteiger partial charge is 0.511 e. The Morgan fingerprint density at radius 2 is 1.66 bits per heavy atom. The van der Waals surface area contributed by atoms with Gasteiger partial charge in [0.25, 0.3) is 10.1 Å². The van der Waals surface area contributed by atoms with Gasteiger partial charge in [-0.1, -0.05) is 13.8 Å². The highest BCUT2D eigenvalue weighted by molar-refractivity contribution is 7.86. The average molecular weight is 441 g/mol. The van der Waals surface area contributed by atoms with E-state index in [0.29, 0.717) is 0 Å². The molecule has 12 heteroatoms. The van der Waals surface area contributed by atoms with Crippen LogP contribution < -0.4 is 5.32 Å². The number of carbonyl (C=O) groups is 3. The van der Waals surface area contributed by atoms with Gasteiger partial charge in [0, 0.05) is 25.8 Å². The van der Waals surface area contributed by atoms with Crippen LogP contribution in [0.5, 0.6) is 0 Å². The summed E-state index contributed by atoms with van der Waals surface area (Å²) in [6, 6.07) is 0. The molecular formula is C17H31NO10S. The maximum Gasteiger partial charge on any atom is 0.511 e. The minimum absolute atomic E-state index is 0.147. The highest BCUT2D eigenvalue weighted by atomic mass is 32.2. The zero-order chi connectivity index (χ0) is 22.8. The maximum absolute atomic E-state index is 12.1. The molecule has 170 valence electrons. The van der Waals surface area contributed by atoms with Crippen LogP contribution in [-0.2, 0) is 38.1 Å². The van der Waals surface area contributed by atoms with E-state index in [1.165, 1.54) is 27.7 Å². The quantitative estimate of drug-likeness (QED) is 0.191. The molecule has 1 unspecified atom stereocenters. The Bertz CT molecular complexity index is 659. The monoisotopic (exact) mass is 441 g/mol. The van der Waals surface area contributed by atoms with Crippen molar-refractivity contribution in [1.82, 2.24) is 5.32 Å². The van der Waals surface area contributed by atoms with Crippen LogP contribution in [0, 0.1) is 5.41 Å². The van der Waals surface area contributed by atoms with Crippen molar-refractivity contribution in [1.29, 1.82) is 0 Å². The Hall–Kier alpha value is -1.92. The highest BCUT2D eigenvalue weighted by Gasteiger charge is 2.37. The molecule has 0 bridgehead atoms. The van der Waals surface area contributed by atoms with Gasteiger partial charge in [-0.3, -0.25) is 8.98 Å². The zero-order valence-electron chi connectivity index (χ0n) is 17.6. The summed E-state index contributed by atoms with van der Waals surface area (Å²) in [4.78, 5) is 34.2. The molecule has 0 fully saturated rings. The lowest BCUT2D eigenvalue weighted by Gasteiger charge is -2.29. The first-order chi connectivity index (χ1) is 13.2. The summed E-state index contributed by atoms with van der Waals surface area (Å²) in [6.07, 6.45) is -4.38. The molecule has 0 aromatic carbocycles. The molecule has 0 rings (SSSR count). The topological polar surface area (TPSA) is 155 Å². The fourth-order valence-electron chi connectivity index (χ4n) is 1.82. The zero-order valence-corrected chi connectivity index (χ0v) is 18.4. The third-order valence-corrected chi connectivity index (χ3v) is 4.66. The first-order valence-electron chi connectivity index (χ1n) is 9.03. The standard InChI is InChI=1S/C17H31NO10S/c1-11(2)26-16(22)28-13(4)27-15(21)14(20)17(5,6)10-25-29(23,24)9-7-8-18-12(3)19/h11,13-14,20H,7-10H2,1-6H3,(H,18,19)/t13?,14-/m0/s1. The van der Waals surface area contributed by atoms with Crippen molar-refractivity contribution in [2.24, 2.45) is 5.41 Å². The molecule has 2 atom stereocenters. The minimum Gasteiger partial charge on any atom is -0.431 e. The average Bonchev–Trinajstić information content (AvgIpc) is 2.55. The second-order valence-electron chi connectivity index (χ2n) is 7.29. The van der Waals surface area contributed by atoms with Gasteiger partial charge < -0.3 is 24.6 Å². The Labute approximate surface area is 171 Å². The van der Waals surface area contributed by atoms with Crippen LogP contribution in [0.2, 0.25) is 0 Å². The van der Waals surface area contributed by atoms with Crippen molar-refractivity contribution in [2.45, 2.75) is 66.5 Å². The summed E-state index contributed by atoms with van der Waals surface area (Å²) in [5.41, 5.74) is -1.32. The summed E-state index contributed by atoms with van der Waals surface area (Å²) in [7, 11) is -3.92. The molecule has 0 aromatic rings. The van der Waals surface area contributed by atoms with Crippen molar-refractivity contribution >= 4 is 28.1 Å². The van der Waals surface area contributed by atoms with E-state index in [4.69, 9.17) is 18.4 Å². The van der Waals surface area contributed by atoms with Gasteiger partial charge in [-0.25, -0.2) is 9.59 Å². The van der Waals surface area contributed by atoms with Crippen LogP contribution in [0.1, 0.15) is 48.0 Å². The van der Waals surface area contributed by atoms with Gasteiger partial charge in [-0.2, -0.15) is 8.42 Å². The third-order valence-electron chi connectivity index (χ3n) is 3.40. The number of ether oxygens (including phenoxy) is 3. The molecule has 29 heavy (non-hydrogen) atoms. The molecule has 0 aliphatic carbocycles. The van der Waals surface area contributed by atoms with E-state index in [1.807, 2.05) is 0 Å². The molecule has 0 heterocycles. The van der Waals surface area contributed by atoms with Gasteiger partial charge in [-0.15, -0.1) is 0 Å². The number of rotatable bonds is 12. The van der Waals surface area contributed by atoms with Crippen molar-refractivity contribution in [2.75, 3.05) is 18.9 Å². The first-order valence-corrected chi connectivity index (χ1v) is 10.6. The van der Waals surface area contributed by atoms with E-state index in [2.05, 4.69) is 5.32 Å². The van der Waals surface area contributed by atoms with Gasteiger partial charge >= 0.3 is 12.1 Å². The third kappa shape index (κ3) is 12.3. The maximum atomic E-state index is 12.1. The Morgan fingerprint density at radius 1 is 1.07 bits per heavy atom. The second-order valence-corrected chi connectivity index (χ2v) is 9.05. The minimum atomic E-state index is -3.92. The second kappa shape index (κ2) is 11.9. The number of aliphatic hydroxyl groups is 1. The fourth-order valence-corrected chi connectivity index (χ4v) is 2.92. The van der Waals surface area contributed by atoms with Crippen molar-refractivity contribution in [3.8, 4) is 0 Å². The van der Waals surface area contributed by atoms with Crippen LogP contribution in [0.15, 0.2) is 0 Å². The van der Waals surface area contributed by atoms with E-state index in [-0.39, 0.29) is 24.6 Å². The summed E-state index contributed by atoms with van der Waals surface area (Å²) in [5, 5.41) is 12.6. The Morgan fingerprint density at radius 3 is 2.17 bits per heavy atom. The van der Waals surface area contributed by atoms with Gasteiger partial charge in [0.05, 0.1) is 18.5 Å². The number of esters is 1.